The molecular formula is C29H25F3N4OS. The van der Waals surface area contributed by atoms with E-state index in [-0.39, 0.29) is 10.8 Å². The number of amides is 1. The Labute approximate surface area is 224 Å². The maximum atomic E-state index is 13.4. The molecule has 5 nitrogen and oxygen atoms in total. The van der Waals surface area contributed by atoms with Gasteiger partial charge in [-0.25, -0.2) is 0 Å². The lowest BCUT2D eigenvalue weighted by atomic mass is 10.0. The summed E-state index contributed by atoms with van der Waals surface area (Å²) in [6, 6.07) is 28.5. The molecule has 4 aromatic carbocycles. The van der Waals surface area contributed by atoms with Gasteiger partial charge in [0.2, 0.25) is 0 Å². The smallest absolute Gasteiger partial charge is 0.347 e. The maximum absolute atomic E-state index is 13.4. The van der Waals surface area contributed by atoms with Crippen molar-refractivity contribution in [3.8, 4) is 11.1 Å². The van der Waals surface area contributed by atoms with Crippen LogP contribution >= 0.6 is 12.2 Å². The van der Waals surface area contributed by atoms with Crippen molar-refractivity contribution < 1.29 is 18.0 Å². The molecule has 0 saturated heterocycles. The lowest BCUT2D eigenvalue weighted by Gasteiger charge is -2.23. The van der Waals surface area contributed by atoms with E-state index in [4.69, 9.17) is 12.2 Å². The van der Waals surface area contributed by atoms with E-state index in [1.54, 1.807) is 30.3 Å². The Hall–Kier alpha value is -4.37. The number of para-hydroxylation sites is 1. The lowest BCUT2D eigenvalue weighted by Crippen LogP contribution is -2.44. The van der Waals surface area contributed by atoms with Crippen LogP contribution < -0.4 is 21.5 Å². The predicted octanol–water partition coefficient (Wildman–Crippen LogP) is 6.85. The highest BCUT2D eigenvalue weighted by Crippen LogP contribution is 2.34. The molecule has 1 atom stereocenters. The molecule has 0 radical (unpaired) electrons. The second kappa shape index (κ2) is 11.8. The Balaban J connectivity index is 1.51. The highest BCUT2D eigenvalue weighted by atomic mass is 32.1. The van der Waals surface area contributed by atoms with Gasteiger partial charge in [0.05, 0.1) is 16.9 Å². The molecule has 0 aromatic heterocycles. The molecule has 4 N–H and O–H groups in total. The second-order valence-electron chi connectivity index (χ2n) is 8.50. The molecule has 4 rings (SSSR count). The largest absolute Gasteiger partial charge is 0.418 e. The lowest BCUT2D eigenvalue weighted by molar-refractivity contribution is -0.137. The van der Waals surface area contributed by atoms with Gasteiger partial charge in [0.15, 0.2) is 5.11 Å². The van der Waals surface area contributed by atoms with Crippen LogP contribution in [0, 0.1) is 6.92 Å². The molecule has 0 spiro atoms. The van der Waals surface area contributed by atoms with Crippen molar-refractivity contribution in [1.29, 1.82) is 0 Å². The van der Waals surface area contributed by atoms with Crippen LogP contribution in [0.1, 0.15) is 22.7 Å². The standard InChI is InChI=1S/C29H25F3N4OS/c1-19-16-17-22(20-10-4-2-5-11-20)18-25(19)35-36-27(37)26(21-12-6-3-7-13-21)34-28(38)33-24-15-9-8-14-23(24)29(30,31)32/h2-18,26,35H,1H3,(H,36,37)(H2,33,34,38). The van der Waals surface area contributed by atoms with Gasteiger partial charge in [-0.2, -0.15) is 13.2 Å². The minimum absolute atomic E-state index is 0.132. The molecule has 0 saturated carbocycles. The van der Waals surface area contributed by atoms with Gasteiger partial charge in [0.25, 0.3) is 5.91 Å². The van der Waals surface area contributed by atoms with Gasteiger partial charge in [-0.15, -0.1) is 0 Å². The summed E-state index contributed by atoms with van der Waals surface area (Å²) in [6.07, 6.45) is -4.56. The number of hydrazine groups is 1. The molecule has 194 valence electrons. The van der Waals surface area contributed by atoms with Crippen LogP contribution in [0.15, 0.2) is 103 Å². The molecule has 38 heavy (non-hydrogen) atoms. The molecular weight excluding hydrogens is 509 g/mol. The molecule has 9 heteroatoms. The van der Waals surface area contributed by atoms with Crippen molar-refractivity contribution >= 4 is 34.6 Å². The second-order valence-corrected chi connectivity index (χ2v) is 8.90. The van der Waals surface area contributed by atoms with Gasteiger partial charge in [0, 0.05) is 0 Å². The Kier molecular flexibility index (Phi) is 8.28. The Morgan fingerprint density at radius 3 is 2.11 bits per heavy atom. The zero-order valence-corrected chi connectivity index (χ0v) is 21.2. The van der Waals surface area contributed by atoms with E-state index < -0.39 is 23.7 Å². The summed E-state index contributed by atoms with van der Waals surface area (Å²) in [5, 5.41) is 5.30. The molecule has 0 aliphatic carbocycles. The number of benzene rings is 4. The first kappa shape index (κ1) is 26.7. The Morgan fingerprint density at radius 1 is 0.789 bits per heavy atom. The van der Waals surface area contributed by atoms with Gasteiger partial charge in [0.1, 0.15) is 6.04 Å². The third kappa shape index (κ3) is 6.68. The molecule has 1 amide bonds. The summed E-state index contributed by atoms with van der Waals surface area (Å²) < 4.78 is 40.2. The highest BCUT2D eigenvalue weighted by molar-refractivity contribution is 7.80. The first-order valence-corrected chi connectivity index (χ1v) is 12.1. The molecule has 0 bridgehead atoms. The first-order chi connectivity index (χ1) is 18.2. The van der Waals surface area contributed by atoms with Crippen molar-refractivity contribution in [1.82, 2.24) is 10.7 Å². The van der Waals surface area contributed by atoms with Gasteiger partial charge in [-0.3, -0.25) is 15.6 Å². The van der Waals surface area contributed by atoms with Crippen molar-refractivity contribution in [2.24, 2.45) is 0 Å². The monoisotopic (exact) mass is 534 g/mol. The van der Waals surface area contributed by atoms with E-state index in [1.165, 1.54) is 18.2 Å². The van der Waals surface area contributed by atoms with Crippen LogP contribution in [-0.4, -0.2) is 11.0 Å². The van der Waals surface area contributed by atoms with Crippen molar-refractivity contribution in [2.45, 2.75) is 19.1 Å². The average Bonchev–Trinajstić information content (AvgIpc) is 2.92. The van der Waals surface area contributed by atoms with Crippen LogP contribution in [0.5, 0.6) is 0 Å². The molecule has 0 heterocycles. The molecule has 0 aliphatic rings. The van der Waals surface area contributed by atoms with Crippen LogP contribution in [0.25, 0.3) is 11.1 Å². The highest BCUT2D eigenvalue weighted by Gasteiger charge is 2.33. The minimum atomic E-state index is -4.56. The Bertz CT molecular complexity index is 1410. The molecule has 0 fully saturated rings. The van der Waals surface area contributed by atoms with E-state index in [0.717, 1.165) is 22.8 Å². The molecule has 1 unspecified atom stereocenters. The van der Waals surface area contributed by atoms with Crippen LogP contribution in [0.3, 0.4) is 0 Å². The number of carbonyl (C=O) groups is 1. The van der Waals surface area contributed by atoms with Gasteiger partial charge >= 0.3 is 6.18 Å². The number of alkyl halides is 3. The zero-order valence-electron chi connectivity index (χ0n) is 20.3. The number of thiocarbonyl (C=S) groups is 1. The summed E-state index contributed by atoms with van der Waals surface area (Å²) in [4.78, 5) is 13.3. The number of rotatable bonds is 7. The molecule has 0 aliphatic heterocycles. The number of hydrogen-bond donors (Lipinski definition) is 4. The number of anilines is 2. The average molecular weight is 535 g/mol. The predicted molar refractivity (Wildman–Crippen MR) is 148 cm³/mol. The van der Waals surface area contributed by atoms with Crippen LogP contribution in [0.4, 0.5) is 24.5 Å². The summed E-state index contributed by atoms with van der Waals surface area (Å²) in [5.41, 5.74) is 8.80. The summed E-state index contributed by atoms with van der Waals surface area (Å²) in [7, 11) is 0. The van der Waals surface area contributed by atoms with E-state index in [9.17, 15) is 18.0 Å². The fourth-order valence-electron chi connectivity index (χ4n) is 3.84. The van der Waals surface area contributed by atoms with E-state index in [1.807, 2.05) is 55.5 Å². The number of nitrogens with one attached hydrogen (secondary N) is 4. The van der Waals surface area contributed by atoms with Gasteiger partial charge in [-0.1, -0.05) is 84.9 Å². The summed E-state index contributed by atoms with van der Waals surface area (Å²) in [5.74, 6) is -0.478. The zero-order chi connectivity index (χ0) is 27.1. The number of halogens is 3. The number of carbonyl (C=O) groups excluding carboxylic acids is 1. The third-order valence-corrected chi connectivity index (χ3v) is 6.04. The summed E-state index contributed by atoms with van der Waals surface area (Å²) >= 11 is 5.29. The van der Waals surface area contributed by atoms with Crippen molar-refractivity contribution in [2.75, 3.05) is 10.7 Å². The fraction of sp³-hybridized carbons (Fsp3) is 0.103. The number of hydrogen-bond acceptors (Lipinski definition) is 3. The number of aryl methyl sites for hydroxylation is 1. The summed E-state index contributed by atoms with van der Waals surface area (Å²) in [6.45, 7) is 1.91. The molecule has 4 aromatic rings. The Morgan fingerprint density at radius 2 is 1.42 bits per heavy atom. The van der Waals surface area contributed by atoms with E-state index in [2.05, 4.69) is 21.5 Å². The van der Waals surface area contributed by atoms with Crippen LogP contribution in [0.2, 0.25) is 0 Å². The van der Waals surface area contributed by atoms with Gasteiger partial charge in [-0.05, 0) is 59.6 Å². The maximum Gasteiger partial charge on any atom is 0.418 e. The van der Waals surface area contributed by atoms with E-state index >= 15 is 0 Å². The first-order valence-electron chi connectivity index (χ1n) is 11.7. The van der Waals surface area contributed by atoms with Crippen LogP contribution in [-0.2, 0) is 11.0 Å². The SMILES string of the molecule is Cc1ccc(-c2ccccc2)cc1NNC(=O)C(NC(=S)Nc1ccccc1C(F)(F)F)c1ccccc1. The normalized spacial score (nSPS) is 11.8. The van der Waals surface area contributed by atoms with Gasteiger partial charge < -0.3 is 10.6 Å². The van der Waals surface area contributed by atoms with Crippen molar-refractivity contribution in [3.05, 3.63) is 120 Å². The fourth-order valence-corrected chi connectivity index (χ4v) is 4.07. The topological polar surface area (TPSA) is 65.2 Å². The van der Waals surface area contributed by atoms with Crippen molar-refractivity contribution in [3.63, 3.8) is 0 Å². The third-order valence-electron chi connectivity index (χ3n) is 5.82. The minimum Gasteiger partial charge on any atom is -0.347 e. The quantitative estimate of drug-likeness (QED) is 0.154. The van der Waals surface area contributed by atoms with E-state index in [0.29, 0.717) is 11.3 Å².